The van der Waals surface area contributed by atoms with Gasteiger partial charge in [0.1, 0.15) is 0 Å². The molecule has 3 fully saturated rings. The molecule has 154 valence electrons. The molecule has 28 heavy (non-hydrogen) atoms. The number of hydrogen-bond acceptors (Lipinski definition) is 4. The van der Waals surface area contributed by atoms with E-state index in [0.717, 1.165) is 88.8 Å². The monoisotopic (exact) mass is 387 g/mol. The number of aryl methyl sites for hydroxylation is 1. The molecule has 1 aromatic heterocycles. The Morgan fingerprint density at radius 1 is 1.18 bits per heavy atom. The first-order valence-corrected chi connectivity index (χ1v) is 11.0. The molecule has 7 heteroatoms. The Kier molecular flexibility index (Phi) is 5.99. The second kappa shape index (κ2) is 8.64. The van der Waals surface area contributed by atoms with Crippen LogP contribution in [-0.4, -0.2) is 70.1 Å². The molecule has 3 aliphatic rings. The molecule has 1 aromatic rings. The van der Waals surface area contributed by atoms with Crippen LogP contribution in [0.15, 0.2) is 6.20 Å². The molecule has 1 saturated carbocycles. The van der Waals surface area contributed by atoms with Crippen LogP contribution in [0.1, 0.15) is 67.9 Å². The third-order valence-electron chi connectivity index (χ3n) is 6.46. The van der Waals surface area contributed by atoms with E-state index < -0.39 is 0 Å². The molecule has 0 radical (unpaired) electrons. The number of piperidine rings is 2. The molecule has 1 atom stereocenters. The van der Waals surface area contributed by atoms with Crippen molar-refractivity contribution in [1.82, 2.24) is 25.3 Å². The molecule has 1 unspecified atom stereocenters. The molecule has 1 aliphatic carbocycles. The van der Waals surface area contributed by atoms with E-state index in [4.69, 9.17) is 0 Å². The van der Waals surface area contributed by atoms with Crippen LogP contribution < -0.4 is 5.32 Å². The number of likely N-dealkylation sites (tertiary alicyclic amines) is 2. The van der Waals surface area contributed by atoms with Crippen LogP contribution in [0.2, 0.25) is 0 Å². The molecular formula is C21H33N5O2. The number of aromatic amines is 1. The first kappa shape index (κ1) is 19.4. The highest BCUT2D eigenvalue weighted by Gasteiger charge is 2.34. The maximum absolute atomic E-state index is 12.9. The third-order valence-corrected chi connectivity index (χ3v) is 6.46. The van der Waals surface area contributed by atoms with Crippen molar-refractivity contribution in [3.05, 3.63) is 17.5 Å². The highest BCUT2D eigenvalue weighted by atomic mass is 16.2. The lowest BCUT2D eigenvalue weighted by atomic mass is 9.93. The second-order valence-corrected chi connectivity index (χ2v) is 8.65. The minimum Gasteiger partial charge on any atom is -0.353 e. The van der Waals surface area contributed by atoms with Crippen molar-refractivity contribution < 1.29 is 9.59 Å². The largest absolute Gasteiger partial charge is 0.353 e. The van der Waals surface area contributed by atoms with Gasteiger partial charge in [0.2, 0.25) is 5.91 Å². The molecule has 0 spiro atoms. The van der Waals surface area contributed by atoms with Gasteiger partial charge in [-0.05, 0) is 51.5 Å². The minimum absolute atomic E-state index is 0.107. The van der Waals surface area contributed by atoms with Crippen molar-refractivity contribution in [1.29, 1.82) is 0 Å². The fourth-order valence-electron chi connectivity index (χ4n) is 4.64. The predicted octanol–water partition coefficient (Wildman–Crippen LogP) is 1.96. The highest BCUT2D eigenvalue weighted by molar-refractivity contribution is 5.95. The van der Waals surface area contributed by atoms with Crippen molar-refractivity contribution in [3.8, 4) is 0 Å². The van der Waals surface area contributed by atoms with Crippen LogP contribution in [0.25, 0.3) is 0 Å². The molecular weight excluding hydrogens is 354 g/mol. The van der Waals surface area contributed by atoms with Crippen LogP contribution in [0.5, 0.6) is 0 Å². The average Bonchev–Trinajstić information content (AvgIpc) is 3.43. The van der Waals surface area contributed by atoms with Gasteiger partial charge in [-0.1, -0.05) is 13.3 Å². The molecule has 0 bridgehead atoms. The summed E-state index contributed by atoms with van der Waals surface area (Å²) in [4.78, 5) is 29.8. The summed E-state index contributed by atoms with van der Waals surface area (Å²) in [7, 11) is 0. The van der Waals surface area contributed by atoms with Crippen LogP contribution in [0.4, 0.5) is 0 Å². The van der Waals surface area contributed by atoms with Gasteiger partial charge < -0.3 is 10.2 Å². The van der Waals surface area contributed by atoms with Crippen molar-refractivity contribution in [3.63, 3.8) is 0 Å². The number of hydrogen-bond donors (Lipinski definition) is 2. The summed E-state index contributed by atoms with van der Waals surface area (Å²) in [6.45, 7) is 5.64. The summed E-state index contributed by atoms with van der Waals surface area (Å²) in [6, 6.07) is 0.928. The lowest BCUT2D eigenvalue weighted by molar-refractivity contribution is -0.127. The van der Waals surface area contributed by atoms with E-state index in [-0.39, 0.29) is 17.7 Å². The number of carbonyl (C=O) groups is 2. The van der Waals surface area contributed by atoms with Crippen molar-refractivity contribution >= 4 is 11.8 Å². The summed E-state index contributed by atoms with van der Waals surface area (Å²) in [5, 5.41) is 10.2. The van der Waals surface area contributed by atoms with E-state index in [1.54, 1.807) is 6.20 Å². The van der Waals surface area contributed by atoms with E-state index in [1.165, 1.54) is 0 Å². The Labute approximate surface area is 167 Å². The SMILES string of the molecule is CCCc1[nH]ncc1C(=O)N1CCC(N2CCCC(C(=O)NC3CC3)C2)CC1. The summed E-state index contributed by atoms with van der Waals surface area (Å²) in [5.41, 5.74) is 1.69. The van der Waals surface area contributed by atoms with Gasteiger partial charge in [0.15, 0.2) is 0 Å². The molecule has 7 nitrogen and oxygen atoms in total. The number of nitrogens with one attached hydrogen (secondary N) is 2. The zero-order valence-corrected chi connectivity index (χ0v) is 17.0. The lowest BCUT2D eigenvalue weighted by Crippen LogP contribution is -2.51. The Hall–Kier alpha value is -1.89. The quantitative estimate of drug-likeness (QED) is 0.782. The van der Waals surface area contributed by atoms with Crippen LogP contribution in [0.3, 0.4) is 0 Å². The van der Waals surface area contributed by atoms with Crippen molar-refractivity contribution in [2.24, 2.45) is 5.92 Å². The Morgan fingerprint density at radius 3 is 2.68 bits per heavy atom. The molecule has 2 saturated heterocycles. The minimum atomic E-state index is 0.107. The van der Waals surface area contributed by atoms with Crippen LogP contribution >= 0.6 is 0 Å². The van der Waals surface area contributed by atoms with Crippen LogP contribution in [0, 0.1) is 5.92 Å². The number of H-pyrrole nitrogens is 1. The van der Waals surface area contributed by atoms with E-state index >= 15 is 0 Å². The number of nitrogens with zero attached hydrogens (tertiary/aromatic N) is 3. The molecule has 0 aromatic carbocycles. The molecule has 4 rings (SSSR count). The Morgan fingerprint density at radius 2 is 1.96 bits per heavy atom. The molecule has 2 N–H and O–H groups in total. The van der Waals surface area contributed by atoms with Gasteiger partial charge in [-0.15, -0.1) is 0 Å². The summed E-state index contributed by atoms with van der Waals surface area (Å²) in [6.07, 6.45) is 9.89. The summed E-state index contributed by atoms with van der Waals surface area (Å²) in [5.74, 6) is 0.496. The van der Waals surface area contributed by atoms with E-state index in [9.17, 15) is 9.59 Å². The molecule has 3 heterocycles. The smallest absolute Gasteiger partial charge is 0.257 e. The van der Waals surface area contributed by atoms with Gasteiger partial charge in [-0.2, -0.15) is 5.10 Å². The van der Waals surface area contributed by atoms with E-state index in [1.807, 2.05) is 4.90 Å². The maximum Gasteiger partial charge on any atom is 0.257 e. The lowest BCUT2D eigenvalue weighted by Gasteiger charge is -2.42. The van der Waals surface area contributed by atoms with Gasteiger partial charge in [0, 0.05) is 37.4 Å². The number of amides is 2. The number of rotatable bonds is 6. The zero-order chi connectivity index (χ0) is 19.5. The van der Waals surface area contributed by atoms with Gasteiger partial charge in [-0.3, -0.25) is 19.6 Å². The Balaban J connectivity index is 1.29. The second-order valence-electron chi connectivity index (χ2n) is 8.65. The Bertz CT molecular complexity index is 691. The zero-order valence-electron chi connectivity index (χ0n) is 17.0. The fourth-order valence-corrected chi connectivity index (χ4v) is 4.64. The first-order valence-electron chi connectivity index (χ1n) is 11.0. The van der Waals surface area contributed by atoms with Crippen molar-refractivity contribution in [2.75, 3.05) is 26.2 Å². The number of aromatic nitrogens is 2. The van der Waals surface area contributed by atoms with Crippen molar-refractivity contribution in [2.45, 2.75) is 70.4 Å². The average molecular weight is 388 g/mol. The first-order chi connectivity index (χ1) is 13.7. The third kappa shape index (κ3) is 4.40. The normalized spacial score (nSPS) is 24.3. The van der Waals surface area contributed by atoms with Gasteiger partial charge in [0.05, 0.1) is 17.7 Å². The van der Waals surface area contributed by atoms with Gasteiger partial charge in [-0.25, -0.2) is 0 Å². The summed E-state index contributed by atoms with van der Waals surface area (Å²) < 4.78 is 0. The van der Waals surface area contributed by atoms with Crippen LogP contribution in [-0.2, 0) is 11.2 Å². The molecule has 2 amide bonds. The topological polar surface area (TPSA) is 81.3 Å². The van der Waals surface area contributed by atoms with Gasteiger partial charge >= 0.3 is 0 Å². The predicted molar refractivity (Wildman–Crippen MR) is 107 cm³/mol. The molecule has 2 aliphatic heterocycles. The standard InChI is InChI=1S/C21H33N5O2/c1-2-4-19-18(13-22-24-19)21(28)25-11-8-17(9-12-25)26-10-3-5-15(14-26)20(27)23-16-6-7-16/h13,15-17H,2-12,14H2,1H3,(H,22,24)(H,23,27). The summed E-state index contributed by atoms with van der Waals surface area (Å²) >= 11 is 0. The highest BCUT2D eigenvalue weighted by Crippen LogP contribution is 2.26. The van der Waals surface area contributed by atoms with E-state index in [2.05, 4.69) is 27.3 Å². The van der Waals surface area contributed by atoms with E-state index in [0.29, 0.717) is 12.1 Å². The maximum atomic E-state index is 12.9. The number of carbonyl (C=O) groups excluding carboxylic acids is 2. The fraction of sp³-hybridized carbons (Fsp3) is 0.762. The van der Waals surface area contributed by atoms with Gasteiger partial charge in [0.25, 0.3) is 5.91 Å².